The molecule has 1 heterocycles. The number of hydrogen-bond acceptors (Lipinski definition) is 2. The molecule has 0 aromatic carbocycles. The van der Waals surface area contributed by atoms with Crippen LogP contribution in [0.25, 0.3) is 0 Å². The van der Waals surface area contributed by atoms with Crippen LogP contribution in [0, 0.1) is 17.8 Å². The van der Waals surface area contributed by atoms with Crippen molar-refractivity contribution in [3.05, 3.63) is 6.42 Å². The van der Waals surface area contributed by atoms with E-state index >= 15 is 0 Å². The molecule has 0 aliphatic carbocycles. The highest BCUT2D eigenvalue weighted by Gasteiger charge is 2.30. The molecule has 0 spiro atoms. The van der Waals surface area contributed by atoms with Gasteiger partial charge in [0.15, 0.2) is 0 Å². The van der Waals surface area contributed by atoms with Crippen molar-refractivity contribution >= 4 is 10.0 Å². The SMILES string of the molecule is CCC(C)(C)[CH]C1CCCN(S(=O)(=O)CC)C1. The van der Waals surface area contributed by atoms with E-state index in [2.05, 4.69) is 27.2 Å². The Balaban J connectivity index is 2.62. The molecule has 17 heavy (non-hydrogen) atoms. The van der Waals surface area contributed by atoms with E-state index in [1.165, 1.54) is 0 Å². The van der Waals surface area contributed by atoms with Crippen molar-refractivity contribution in [1.29, 1.82) is 0 Å². The van der Waals surface area contributed by atoms with E-state index in [1.807, 2.05) is 0 Å². The zero-order valence-corrected chi connectivity index (χ0v) is 12.4. The predicted molar refractivity (Wildman–Crippen MR) is 72.1 cm³/mol. The predicted octanol–water partition coefficient (Wildman–Crippen LogP) is 2.69. The fourth-order valence-corrected chi connectivity index (χ4v) is 3.49. The van der Waals surface area contributed by atoms with E-state index in [9.17, 15) is 8.42 Å². The standard InChI is InChI=1S/C13H26NO2S/c1-5-13(3,4)10-12-8-7-9-14(11-12)17(15,16)6-2/h10,12H,5-9,11H2,1-4H3. The minimum absolute atomic E-state index is 0.212. The Morgan fingerprint density at radius 1 is 1.35 bits per heavy atom. The Morgan fingerprint density at radius 2 is 2.00 bits per heavy atom. The second kappa shape index (κ2) is 5.70. The molecule has 1 rings (SSSR count). The molecule has 1 atom stereocenters. The molecule has 1 fully saturated rings. The Morgan fingerprint density at radius 3 is 2.53 bits per heavy atom. The number of hydrogen-bond donors (Lipinski definition) is 0. The van der Waals surface area contributed by atoms with E-state index in [4.69, 9.17) is 0 Å². The maximum atomic E-state index is 11.8. The summed E-state index contributed by atoms with van der Waals surface area (Å²) in [6.07, 6.45) is 5.56. The van der Waals surface area contributed by atoms with Gasteiger partial charge in [-0.1, -0.05) is 27.2 Å². The lowest BCUT2D eigenvalue weighted by atomic mass is 9.78. The molecule has 0 aromatic rings. The van der Waals surface area contributed by atoms with Gasteiger partial charge in [0.2, 0.25) is 10.0 Å². The van der Waals surface area contributed by atoms with E-state index in [1.54, 1.807) is 11.2 Å². The molecule has 101 valence electrons. The van der Waals surface area contributed by atoms with Crippen LogP contribution >= 0.6 is 0 Å². The van der Waals surface area contributed by atoms with Crippen LogP contribution in [-0.2, 0) is 10.0 Å². The topological polar surface area (TPSA) is 37.4 Å². The van der Waals surface area contributed by atoms with Crippen molar-refractivity contribution in [3.63, 3.8) is 0 Å². The molecule has 1 aliphatic rings. The Hall–Kier alpha value is -0.0900. The molecule has 0 bridgehead atoms. The lowest BCUT2D eigenvalue weighted by Gasteiger charge is -2.35. The van der Waals surface area contributed by atoms with E-state index in [-0.39, 0.29) is 11.2 Å². The smallest absolute Gasteiger partial charge is 0.212 e. The van der Waals surface area contributed by atoms with Gasteiger partial charge in [0.25, 0.3) is 0 Å². The van der Waals surface area contributed by atoms with Crippen LogP contribution in [0.2, 0.25) is 0 Å². The molecular formula is C13H26NO2S. The molecule has 1 radical (unpaired) electrons. The monoisotopic (exact) mass is 260 g/mol. The molecule has 0 N–H and O–H groups in total. The fourth-order valence-electron chi connectivity index (χ4n) is 2.30. The summed E-state index contributed by atoms with van der Waals surface area (Å²) in [5.74, 6) is 0.636. The summed E-state index contributed by atoms with van der Waals surface area (Å²) in [7, 11) is -3.00. The summed E-state index contributed by atoms with van der Waals surface area (Å²) < 4.78 is 25.4. The second-order valence-corrected chi connectivity index (χ2v) is 7.93. The van der Waals surface area contributed by atoms with E-state index in [0.717, 1.165) is 19.3 Å². The highest BCUT2D eigenvalue weighted by atomic mass is 32.2. The van der Waals surface area contributed by atoms with Crippen LogP contribution in [0.15, 0.2) is 0 Å². The first-order chi connectivity index (χ1) is 7.80. The van der Waals surface area contributed by atoms with Crippen molar-refractivity contribution in [3.8, 4) is 0 Å². The Kier molecular flexibility index (Phi) is 5.02. The van der Waals surface area contributed by atoms with Crippen LogP contribution in [-0.4, -0.2) is 31.6 Å². The first kappa shape index (κ1) is 15.0. The van der Waals surface area contributed by atoms with Gasteiger partial charge >= 0.3 is 0 Å². The zero-order valence-electron chi connectivity index (χ0n) is 11.6. The molecule has 1 aliphatic heterocycles. The second-order valence-electron chi connectivity index (χ2n) is 5.67. The Labute approximate surface area is 107 Å². The summed E-state index contributed by atoms with van der Waals surface area (Å²) in [6.45, 7) is 9.73. The number of piperidine rings is 1. The van der Waals surface area contributed by atoms with Crippen molar-refractivity contribution in [2.24, 2.45) is 11.3 Å². The van der Waals surface area contributed by atoms with Crippen LogP contribution in [0.1, 0.15) is 47.0 Å². The van der Waals surface area contributed by atoms with Crippen LogP contribution in [0.3, 0.4) is 0 Å². The quantitative estimate of drug-likeness (QED) is 0.762. The lowest BCUT2D eigenvalue weighted by molar-refractivity contribution is 0.251. The largest absolute Gasteiger partial charge is 0.213 e. The third kappa shape index (κ3) is 4.25. The molecule has 4 heteroatoms. The number of rotatable bonds is 5. The van der Waals surface area contributed by atoms with Gasteiger partial charge in [0.05, 0.1) is 5.75 Å². The first-order valence-electron chi connectivity index (χ1n) is 6.64. The molecule has 1 unspecified atom stereocenters. The highest BCUT2D eigenvalue weighted by molar-refractivity contribution is 7.89. The van der Waals surface area contributed by atoms with E-state index < -0.39 is 10.0 Å². The average Bonchev–Trinajstić information content (AvgIpc) is 2.29. The zero-order chi connectivity index (χ0) is 13.1. The molecule has 3 nitrogen and oxygen atoms in total. The maximum absolute atomic E-state index is 11.8. The van der Waals surface area contributed by atoms with Crippen molar-refractivity contribution in [2.75, 3.05) is 18.8 Å². The summed E-state index contributed by atoms with van der Waals surface area (Å²) in [5.41, 5.74) is 0.212. The molecule has 0 amide bonds. The summed E-state index contributed by atoms with van der Waals surface area (Å²) in [5, 5.41) is 0. The molecular weight excluding hydrogens is 234 g/mol. The third-order valence-electron chi connectivity index (χ3n) is 3.78. The number of sulfonamides is 1. The summed E-state index contributed by atoms with van der Waals surface area (Å²) in [4.78, 5) is 0. The van der Waals surface area contributed by atoms with Gasteiger partial charge in [-0.3, -0.25) is 0 Å². The fraction of sp³-hybridized carbons (Fsp3) is 0.923. The van der Waals surface area contributed by atoms with Crippen LogP contribution in [0.5, 0.6) is 0 Å². The third-order valence-corrected chi connectivity index (χ3v) is 5.62. The minimum atomic E-state index is -3.00. The molecule has 1 saturated heterocycles. The normalized spacial score (nSPS) is 23.9. The van der Waals surface area contributed by atoms with Crippen LogP contribution < -0.4 is 0 Å². The summed E-state index contributed by atoms with van der Waals surface area (Å²) >= 11 is 0. The van der Waals surface area contributed by atoms with Gasteiger partial charge in [0.1, 0.15) is 0 Å². The van der Waals surface area contributed by atoms with Gasteiger partial charge in [0, 0.05) is 13.1 Å². The van der Waals surface area contributed by atoms with Crippen molar-refractivity contribution in [2.45, 2.75) is 47.0 Å². The molecule has 0 saturated carbocycles. The minimum Gasteiger partial charge on any atom is -0.212 e. The van der Waals surface area contributed by atoms with Crippen molar-refractivity contribution in [1.82, 2.24) is 4.31 Å². The van der Waals surface area contributed by atoms with Gasteiger partial charge in [-0.2, -0.15) is 0 Å². The van der Waals surface area contributed by atoms with Gasteiger partial charge in [-0.15, -0.1) is 0 Å². The van der Waals surface area contributed by atoms with Crippen LogP contribution in [0.4, 0.5) is 0 Å². The van der Waals surface area contributed by atoms with E-state index in [0.29, 0.717) is 19.0 Å². The lowest BCUT2D eigenvalue weighted by Crippen LogP contribution is -2.41. The average molecular weight is 260 g/mol. The molecule has 0 aromatic heterocycles. The van der Waals surface area contributed by atoms with Gasteiger partial charge < -0.3 is 0 Å². The van der Waals surface area contributed by atoms with Gasteiger partial charge in [-0.05, 0) is 37.5 Å². The Bertz CT molecular complexity index is 335. The van der Waals surface area contributed by atoms with Gasteiger partial charge in [-0.25, -0.2) is 12.7 Å². The highest BCUT2D eigenvalue weighted by Crippen LogP contribution is 2.32. The summed E-state index contributed by atoms with van der Waals surface area (Å²) in [6, 6.07) is 0. The van der Waals surface area contributed by atoms with Crippen molar-refractivity contribution < 1.29 is 8.42 Å². The number of nitrogens with zero attached hydrogens (tertiary/aromatic N) is 1. The maximum Gasteiger partial charge on any atom is 0.213 e. The first-order valence-corrected chi connectivity index (χ1v) is 8.25.